The fourth-order valence-electron chi connectivity index (χ4n) is 2.71. The van der Waals surface area contributed by atoms with Crippen LogP contribution in [0, 0.1) is 6.92 Å². The Morgan fingerprint density at radius 2 is 2.07 bits per heavy atom. The van der Waals surface area contributed by atoms with Gasteiger partial charge in [-0.25, -0.2) is 9.78 Å². The molecule has 0 saturated carbocycles. The number of carbonyl (C=O) groups excluding carboxylic acids is 2. The van der Waals surface area contributed by atoms with Gasteiger partial charge in [0.05, 0.1) is 17.9 Å². The van der Waals surface area contributed by atoms with Crippen molar-refractivity contribution in [2.45, 2.75) is 32.4 Å². The highest BCUT2D eigenvalue weighted by atomic mass is 32.2. The maximum Gasteiger partial charge on any atom is 0.341 e. The fraction of sp³-hybridized carbons (Fsp3) is 0.316. The Kier molecular flexibility index (Phi) is 6.18. The maximum absolute atomic E-state index is 12.4. The Labute approximate surface area is 165 Å². The first kappa shape index (κ1) is 19.4. The molecule has 2 aromatic heterocycles. The van der Waals surface area contributed by atoms with E-state index >= 15 is 0 Å². The van der Waals surface area contributed by atoms with Crippen molar-refractivity contribution in [3.05, 3.63) is 40.3 Å². The van der Waals surface area contributed by atoms with E-state index in [4.69, 9.17) is 9.15 Å². The van der Waals surface area contributed by atoms with Crippen molar-refractivity contribution >= 4 is 51.1 Å². The van der Waals surface area contributed by atoms with Crippen LogP contribution in [0.2, 0.25) is 0 Å². The number of amides is 1. The molecule has 27 heavy (non-hydrogen) atoms. The molecule has 3 aromatic rings. The lowest BCUT2D eigenvalue weighted by molar-refractivity contribution is -0.113. The number of aromatic nitrogens is 1. The van der Waals surface area contributed by atoms with E-state index in [0.717, 1.165) is 16.0 Å². The van der Waals surface area contributed by atoms with Gasteiger partial charge in [-0.1, -0.05) is 30.8 Å². The number of hydrogen-bond acceptors (Lipinski definition) is 7. The smallest absolute Gasteiger partial charge is 0.341 e. The number of hydrogen-bond donors (Lipinski definition) is 1. The van der Waals surface area contributed by atoms with Crippen LogP contribution in [0.1, 0.15) is 34.6 Å². The average Bonchev–Trinajstić information content (AvgIpc) is 3.20. The van der Waals surface area contributed by atoms with Gasteiger partial charge in [0.2, 0.25) is 5.91 Å². The van der Waals surface area contributed by atoms with Crippen molar-refractivity contribution in [1.82, 2.24) is 4.98 Å². The summed E-state index contributed by atoms with van der Waals surface area (Å²) in [7, 11) is 0. The molecular weight excluding hydrogens is 384 g/mol. The monoisotopic (exact) mass is 404 g/mol. The molecule has 2 heterocycles. The van der Waals surface area contributed by atoms with Gasteiger partial charge in [0.25, 0.3) is 5.22 Å². The molecule has 1 amide bonds. The van der Waals surface area contributed by atoms with E-state index in [1.807, 2.05) is 38.1 Å². The summed E-state index contributed by atoms with van der Waals surface area (Å²) < 4.78 is 10.8. The lowest BCUT2D eigenvalue weighted by Crippen LogP contribution is -2.16. The summed E-state index contributed by atoms with van der Waals surface area (Å²) in [5.74, 6) is -0.495. The molecule has 0 aliphatic rings. The van der Waals surface area contributed by atoms with Gasteiger partial charge in [0.1, 0.15) is 10.5 Å². The second-order valence-corrected chi connectivity index (χ2v) is 7.85. The number of thioether (sulfide) groups is 1. The fourth-order valence-corrected chi connectivity index (χ4v) is 4.50. The largest absolute Gasteiger partial charge is 0.462 e. The number of carbonyl (C=O) groups is 2. The lowest BCUT2D eigenvalue weighted by Gasteiger charge is -2.07. The van der Waals surface area contributed by atoms with E-state index < -0.39 is 5.97 Å². The normalized spacial score (nSPS) is 10.9. The Morgan fingerprint density at radius 3 is 2.78 bits per heavy atom. The number of para-hydroxylation sites is 2. The Morgan fingerprint density at radius 1 is 1.30 bits per heavy atom. The van der Waals surface area contributed by atoms with Gasteiger partial charge >= 0.3 is 5.97 Å². The van der Waals surface area contributed by atoms with Crippen molar-refractivity contribution in [2.75, 3.05) is 17.7 Å². The first-order valence-corrected chi connectivity index (χ1v) is 10.4. The highest BCUT2D eigenvalue weighted by Crippen LogP contribution is 2.34. The van der Waals surface area contributed by atoms with Crippen LogP contribution in [-0.2, 0) is 16.0 Å². The van der Waals surface area contributed by atoms with Crippen LogP contribution in [-0.4, -0.2) is 29.2 Å². The second-order valence-electron chi connectivity index (χ2n) is 5.70. The van der Waals surface area contributed by atoms with E-state index in [2.05, 4.69) is 10.3 Å². The van der Waals surface area contributed by atoms with Crippen molar-refractivity contribution in [1.29, 1.82) is 0 Å². The number of fused-ring (bicyclic) bond motifs is 1. The van der Waals surface area contributed by atoms with Crippen LogP contribution in [0.25, 0.3) is 11.1 Å². The third-order valence-corrected chi connectivity index (χ3v) is 5.79. The van der Waals surface area contributed by atoms with E-state index in [1.165, 1.54) is 23.1 Å². The van der Waals surface area contributed by atoms with Gasteiger partial charge in [-0.2, -0.15) is 0 Å². The van der Waals surface area contributed by atoms with E-state index in [1.54, 1.807) is 6.92 Å². The molecule has 1 N–H and O–H groups in total. The molecule has 0 atom stereocenters. The van der Waals surface area contributed by atoms with Crippen molar-refractivity contribution in [2.24, 2.45) is 0 Å². The number of thiophene rings is 1. The highest BCUT2D eigenvalue weighted by molar-refractivity contribution is 7.99. The molecule has 8 heteroatoms. The Balaban J connectivity index is 1.70. The molecule has 0 aliphatic heterocycles. The predicted molar refractivity (Wildman–Crippen MR) is 108 cm³/mol. The van der Waals surface area contributed by atoms with Gasteiger partial charge in [0, 0.05) is 4.88 Å². The zero-order valence-electron chi connectivity index (χ0n) is 15.3. The van der Waals surface area contributed by atoms with E-state index in [9.17, 15) is 9.59 Å². The Hall–Kier alpha value is -2.32. The van der Waals surface area contributed by atoms with Crippen LogP contribution >= 0.6 is 23.1 Å². The van der Waals surface area contributed by atoms with Crippen LogP contribution in [0.3, 0.4) is 0 Å². The molecule has 0 fully saturated rings. The number of nitrogens with zero attached hydrogens (tertiary/aromatic N) is 1. The average molecular weight is 405 g/mol. The predicted octanol–water partition coefficient (Wildman–Crippen LogP) is 4.67. The zero-order valence-corrected chi connectivity index (χ0v) is 17.0. The SMILES string of the molecule is CCOC(=O)c1c(NC(=O)CSc2nc3ccccc3o2)sc(C)c1CC. The van der Waals surface area contributed by atoms with Gasteiger partial charge in [-0.3, -0.25) is 4.79 Å². The van der Waals surface area contributed by atoms with Crippen molar-refractivity contribution in [3.8, 4) is 0 Å². The highest BCUT2D eigenvalue weighted by Gasteiger charge is 2.23. The summed E-state index contributed by atoms with van der Waals surface area (Å²) in [6.45, 7) is 5.97. The first-order valence-electron chi connectivity index (χ1n) is 8.61. The minimum absolute atomic E-state index is 0.132. The number of rotatable bonds is 7. The molecule has 6 nitrogen and oxygen atoms in total. The van der Waals surface area contributed by atoms with Gasteiger partial charge in [-0.15, -0.1) is 11.3 Å². The minimum atomic E-state index is -0.402. The third-order valence-electron chi connectivity index (χ3n) is 3.90. The minimum Gasteiger partial charge on any atom is -0.462 e. The summed E-state index contributed by atoms with van der Waals surface area (Å²) in [5, 5.41) is 3.81. The molecule has 0 bridgehead atoms. The second kappa shape index (κ2) is 8.58. The van der Waals surface area contributed by atoms with Gasteiger partial charge in [-0.05, 0) is 38.0 Å². The zero-order chi connectivity index (χ0) is 19.4. The molecule has 0 radical (unpaired) electrons. The maximum atomic E-state index is 12.4. The summed E-state index contributed by atoms with van der Waals surface area (Å²) in [6, 6.07) is 7.44. The molecule has 3 rings (SSSR count). The number of esters is 1. The van der Waals surface area contributed by atoms with Crippen molar-refractivity contribution < 1.29 is 18.7 Å². The van der Waals surface area contributed by atoms with Crippen molar-refractivity contribution in [3.63, 3.8) is 0 Å². The van der Waals surface area contributed by atoms with Crippen LogP contribution in [0.15, 0.2) is 33.9 Å². The lowest BCUT2D eigenvalue weighted by atomic mass is 10.1. The van der Waals surface area contributed by atoms with Crippen LogP contribution < -0.4 is 5.32 Å². The van der Waals surface area contributed by atoms with E-state index in [-0.39, 0.29) is 18.3 Å². The first-order chi connectivity index (χ1) is 13.0. The Bertz CT molecular complexity index is 944. The number of ether oxygens (including phenoxy) is 1. The van der Waals surface area contributed by atoms with E-state index in [0.29, 0.717) is 27.8 Å². The van der Waals surface area contributed by atoms with Crippen LogP contribution in [0.4, 0.5) is 5.00 Å². The third kappa shape index (κ3) is 4.33. The topological polar surface area (TPSA) is 81.4 Å². The summed E-state index contributed by atoms with van der Waals surface area (Å²) in [5.41, 5.74) is 2.82. The molecule has 0 unspecified atom stereocenters. The quantitative estimate of drug-likeness (QED) is 0.455. The number of nitrogens with one attached hydrogen (secondary N) is 1. The molecule has 0 aliphatic carbocycles. The van der Waals surface area contributed by atoms with Crippen LogP contribution in [0.5, 0.6) is 0 Å². The van der Waals surface area contributed by atoms with Gasteiger partial charge in [0.15, 0.2) is 5.58 Å². The molecular formula is C19H20N2O4S2. The molecule has 0 spiro atoms. The number of oxazole rings is 1. The molecule has 142 valence electrons. The molecule has 0 saturated heterocycles. The standard InChI is InChI=1S/C19H20N2O4S2/c1-4-12-11(3)27-17(16(12)18(23)24-5-2)21-15(22)10-26-19-20-13-8-6-7-9-14(13)25-19/h6-9H,4-5,10H2,1-3H3,(H,21,22). The van der Waals surface area contributed by atoms with Gasteiger partial charge < -0.3 is 14.5 Å². The number of anilines is 1. The summed E-state index contributed by atoms with van der Waals surface area (Å²) >= 11 is 2.61. The number of aryl methyl sites for hydroxylation is 1. The number of benzene rings is 1. The summed E-state index contributed by atoms with van der Waals surface area (Å²) in [6.07, 6.45) is 0.698. The summed E-state index contributed by atoms with van der Waals surface area (Å²) in [4.78, 5) is 30.1. The molecule has 1 aromatic carbocycles.